The van der Waals surface area contributed by atoms with Gasteiger partial charge in [-0.2, -0.15) is 0 Å². The van der Waals surface area contributed by atoms with Crippen molar-refractivity contribution in [2.24, 2.45) is 0 Å². The van der Waals surface area contributed by atoms with Crippen molar-refractivity contribution in [2.75, 3.05) is 7.11 Å². The summed E-state index contributed by atoms with van der Waals surface area (Å²) in [6, 6.07) is 10.5. The zero-order valence-electron chi connectivity index (χ0n) is 10.9. The Labute approximate surface area is 127 Å². The van der Waals surface area contributed by atoms with E-state index in [0.717, 1.165) is 11.1 Å². The molecule has 0 fully saturated rings. The Balaban J connectivity index is 2.19. The minimum atomic E-state index is -0.0573. The first kappa shape index (κ1) is 15.0. The maximum atomic E-state index is 9.16. The second-order valence-corrected chi connectivity index (χ2v) is 5.01. The standard InChI is InChI=1S/C15H14Cl2O3/c1-19-14-5-2-10(8-18)6-15(14)20-9-11-7-12(16)3-4-13(11)17/h2-7,18H,8-9H2,1H3. The normalized spacial score (nSPS) is 10.4. The van der Waals surface area contributed by atoms with E-state index in [0.29, 0.717) is 21.5 Å². The van der Waals surface area contributed by atoms with E-state index >= 15 is 0 Å². The Kier molecular flexibility index (Phi) is 5.12. The molecule has 0 radical (unpaired) electrons. The van der Waals surface area contributed by atoms with Crippen molar-refractivity contribution in [2.45, 2.75) is 13.2 Å². The second-order valence-electron chi connectivity index (χ2n) is 4.17. The van der Waals surface area contributed by atoms with Gasteiger partial charge in [-0.05, 0) is 35.9 Å². The molecule has 20 heavy (non-hydrogen) atoms. The quantitative estimate of drug-likeness (QED) is 0.904. The smallest absolute Gasteiger partial charge is 0.162 e. The minimum Gasteiger partial charge on any atom is -0.493 e. The summed E-state index contributed by atoms with van der Waals surface area (Å²) in [6.45, 7) is 0.211. The van der Waals surface area contributed by atoms with E-state index in [1.54, 1.807) is 43.5 Å². The Bertz CT molecular complexity index is 600. The van der Waals surface area contributed by atoms with Gasteiger partial charge in [0.25, 0.3) is 0 Å². The van der Waals surface area contributed by atoms with Gasteiger partial charge in [-0.15, -0.1) is 0 Å². The van der Waals surface area contributed by atoms with Crippen molar-refractivity contribution < 1.29 is 14.6 Å². The molecule has 0 aromatic heterocycles. The molecule has 0 bridgehead atoms. The van der Waals surface area contributed by atoms with Crippen LogP contribution in [0.15, 0.2) is 36.4 Å². The van der Waals surface area contributed by atoms with Gasteiger partial charge >= 0.3 is 0 Å². The van der Waals surface area contributed by atoms with Crippen LogP contribution in [0, 0.1) is 0 Å². The molecule has 2 rings (SSSR count). The molecule has 0 saturated carbocycles. The third-order valence-corrected chi connectivity index (χ3v) is 3.41. The molecule has 0 aliphatic rings. The summed E-state index contributed by atoms with van der Waals surface area (Å²) >= 11 is 12.0. The molecule has 0 heterocycles. The molecule has 5 heteroatoms. The molecule has 2 aromatic carbocycles. The lowest BCUT2D eigenvalue weighted by Crippen LogP contribution is -1.99. The van der Waals surface area contributed by atoms with E-state index in [1.165, 1.54) is 0 Å². The topological polar surface area (TPSA) is 38.7 Å². The van der Waals surface area contributed by atoms with Crippen LogP contribution in [0.3, 0.4) is 0 Å². The van der Waals surface area contributed by atoms with Gasteiger partial charge < -0.3 is 14.6 Å². The summed E-state index contributed by atoms with van der Waals surface area (Å²) in [4.78, 5) is 0. The summed E-state index contributed by atoms with van der Waals surface area (Å²) in [5.41, 5.74) is 1.54. The van der Waals surface area contributed by atoms with Gasteiger partial charge in [-0.3, -0.25) is 0 Å². The lowest BCUT2D eigenvalue weighted by Gasteiger charge is -2.12. The van der Waals surface area contributed by atoms with Gasteiger partial charge in [0, 0.05) is 15.6 Å². The second kappa shape index (κ2) is 6.84. The molecular formula is C15H14Cl2O3. The van der Waals surface area contributed by atoms with Crippen molar-refractivity contribution in [1.29, 1.82) is 0 Å². The minimum absolute atomic E-state index is 0.0573. The van der Waals surface area contributed by atoms with Crippen molar-refractivity contribution >= 4 is 23.2 Å². The molecule has 0 spiro atoms. The number of ether oxygens (including phenoxy) is 2. The average molecular weight is 313 g/mol. The molecule has 0 atom stereocenters. The number of rotatable bonds is 5. The highest BCUT2D eigenvalue weighted by Crippen LogP contribution is 2.30. The molecule has 1 N–H and O–H groups in total. The number of aliphatic hydroxyl groups excluding tert-OH is 1. The number of aliphatic hydroxyl groups is 1. The largest absolute Gasteiger partial charge is 0.493 e. The molecule has 0 amide bonds. The van der Waals surface area contributed by atoms with Crippen molar-refractivity contribution in [3.8, 4) is 11.5 Å². The van der Waals surface area contributed by atoms with E-state index in [4.69, 9.17) is 37.8 Å². The predicted octanol–water partition coefficient (Wildman–Crippen LogP) is 4.07. The van der Waals surface area contributed by atoms with Gasteiger partial charge in [0.1, 0.15) is 6.61 Å². The third-order valence-electron chi connectivity index (χ3n) is 2.80. The number of hydrogen-bond acceptors (Lipinski definition) is 3. The maximum absolute atomic E-state index is 9.16. The van der Waals surface area contributed by atoms with E-state index < -0.39 is 0 Å². The van der Waals surface area contributed by atoms with Crippen LogP contribution >= 0.6 is 23.2 Å². The summed E-state index contributed by atoms with van der Waals surface area (Å²) in [5, 5.41) is 10.3. The fraction of sp³-hybridized carbons (Fsp3) is 0.200. The van der Waals surface area contributed by atoms with Gasteiger partial charge in [-0.25, -0.2) is 0 Å². The van der Waals surface area contributed by atoms with Gasteiger partial charge in [0.2, 0.25) is 0 Å². The van der Waals surface area contributed by atoms with Gasteiger partial charge in [-0.1, -0.05) is 29.3 Å². The molecule has 106 valence electrons. The fourth-order valence-corrected chi connectivity index (χ4v) is 2.11. The highest BCUT2D eigenvalue weighted by atomic mass is 35.5. The van der Waals surface area contributed by atoms with Crippen molar-refractivity contribution in [3.63, 3.8) is 0 Å². The summed E-state index contributed by atoms with van der Waals surface area (Å²) < 4.78 is 10.9. The molecule has 0 unspecified atom stereocenters. The summed E-state index contributed by atoms with van der Waals surface area (Å²) in [6.07, 6.45) is 0. The Morgan fingerprint density at radius 1 is 1.05 bits per heavy atom. The highest BCUT2D eigenvalue weighted by Gasteiger charge is 2.08. The predicted molar refractivity (Wildman–Crippen MR) is 79.7 cm³/mol. The van der Waals surface area contributed by atoms with Crippen molar-refractivity contribution in [1.82, 2.24) is 0 Å². The van der Waals surface area contributed by atoms with Crippen LogP contribution in [0.5, 0.6) is 11.5 Å². The van der Waals surface area contributed by atoms with E-state index in [2.05, 4.69) is 0 Å². The number of methoxy groups -OCH3 is 1. The van der Waals surface area contributed by atoms with Gasteiger partial charge in [0.15, 0.2) is 11.5 Å². The SMILES string of the molecule is COc1ccc(CO)cc1OCc1cc(Cl)ccc1Cl. The lowest BCUT2D eigenvalue weighted by atomic mass is 10.2. The van der Waals surface area contributed by atoms with Crippen LogP contribution in [0.25, 0.3) is 0 Å². The summed E-state index contributed by atoms with van der Waals surface area (Å²) in [5.74, 6) is 1.15. The first-order valence-electron chi connectivity index (χ1n) is 5.98. The Morgan fingerprint density at radius 3 is 2.55 bits per heavy atom. The molecule has 3 nitrogen and oxygen atoms in total. The summed E-state index contributed by atoms with van der Waals surface area (Å²) in [7, 11) is 1.56. The molecule has 0 saturated heterocycles. The molecule has 0 aliphatic heterocycles. The average Bonchev–Trinajstić information content (AvgIpc) is 2.47. The van der Waals surface area contributed by atoms with Crippen LogP contribution in [-0.2, 0) is 13.2 Å². The first-order valence-corrected chi connectivity index (χ1v) is 6.74. The Hall–Kier alpha value is -1.42. The van der Waals surface area contributed by atoms with E-state index in [1.807, 2.05) is 0 Å². The zero-order valence-corrected chi connectivity index (χ0v) is 12.4. The fourth-order valence-electron chi connectivity index (χ4n) is 1.74. The molecular weight excluding hydrogens is 299 g/mol. The van der Waals surface area contributed by atoms with E-state index in [9.17, 15) is 0 Å². The molecule has 0 aliphatic carbocycles. The maximum Gasteiger partial charge on any atom is 0.162 e. The lowest BCUT2D eigenvalue weighted by molar-refractivity contribution is 0.272. The van der Waals surface area contributed by atoms with Crippen LogP contribution in [0.2, 0.25) is 10.0 Å². The monoisotopic (exact) mass is 312 g/mol. The van der Waals surface area contributed by atoms with Crippen LogP contribution in [0.4, 0.5) is 0 Å². The number of hydrogen-bond donors (Lipinski definition) is 1. The first-order chi connectivity index (χ1) is 9.63. The van der Waals surface area contributed by atoms with Gasteiger partial charge in [0.05, 0.1) is 13.7 Å². The number of benzene rings is 2. The van der Waals surface area contributed by atoms with Crippen LogP contribution < -0.4 is 9.47 Å². The van der Waals surface area contributed by atoms with E-state index in [-0.39, 0.29) is 13.2 Å². The number of halogens is 2. The highest BCUT2D eigenvalue weighted by molar-refractivity contribution is 6.33. The van der Waals surface area contributed by atoms with Crippen LogP contribution in [0.1, 0.15) is 11.1 Å². The van der Waals surface area contributed by atoms with Crippen molar-refractivity contribution in [3.05, 3.63) is 57.6 Å². The van der Waals surface area contributed by atoms with Crippen LogP contribution in [-0.4, -0.2) is 12.2 Å². The molecule has 2 aromatic rings. The Morgan fingerprint density at radius 2 is 1.85 bits per heavy atom. The zero-order chi connectivity index (χ0) is 14.5. The third kappa shape index (κ3) is 3.57.